The van der Waals surface area contributed by atoms with Crippen LogP contribution in [0.1, 0.15) is 16.7 Å². The third-order valence-electron chi connectivity index (χ3n) is 3.18. The standard InChI is InChI=1S/C16H18N4OS/c1-19(9-15-8-18-20(2)10-15)16(21)12-22-11-14-5-3-13(7-17)4-6-14/h3-6,8,10H,9,11-12H2,1-2H3. The summed E-state index contributed by atoms with van der Waals surface area (Å²) in [6, 6.07) is 9.54. The molecule has 1 amide bonds. The first-order chi connectivity index (χ1) is 10.6. The number of nitriles is 1. The van der Waals surface area contributed by atoms with Gasteiger partial charge in [-0.3, -0.25) is 9.48 Å². The van der Waals surface area contributed by atoms with Crippen LogP contribution in [0.5, 0.6) is 0 Å². The van der Waals surface area contributed by atoms with Gasteiger partial charge in [0.05, 0.1) is 23.6 Å². The minimum absolute atomic E-state index is 0.0995. The van der Waals surface area contributed by atoms with Gasteiger partial charge in [-0.1, -0.05) is 12.1 Å². The van der Waals surface area contributed by atoms with Gasteiger partial charge in [0.2, 0.25) is 5.91 Å². The number of aromatic nitrogens is 2. The summed E-state index contributed by atoms with van der Waals surface area (Å²) in [5, 5.41) is 12.8. The lowest BCUT2D eigenvalue weighted by Gasteiger charge is -2.15. The number of hydrogen-bond donors (Lipinski definition) is 0. The van der Waals surface area contributed by atoms with Crippen LogP contribution in [0.25, 0.3) is 0 Å². The van der Waals surface area contributed by atoms with Crippen LogP contribution >= 0.6 is 11.8 Å². The normalized spacial score (nSPS) is 10.2. The van der Waals surface area contributed by atoms with Gasteiger partial charge in [-0.2, -0.15) is 10.4 Å². The Labute approximate surface area is 134 Å². The molecule has 0 bridgehead atoms. The van der Waals surface area contributed by atoms with E-state index in [1.165, 1.54) is 0 Å². The van der Waals surface area contributed by atoms with Crippen LogP contribution in [0.15, 0.2) is 36.7 Å². The summed E-state index contributed by atoms with van der Waals surface area (Å²) in [4.78, 5) is 13.8. The second-order valence-corrected chi connectivity index (χ2v) is 6.06. The summed E-state index contributed by atoms with van der Waals surface area (Å²) < 4.78 is 1.73. The van der Waals surface area contributed by atoms with E-state index < -0.39 is 0 Å². The summed E-state index contributed by atoms with van der Waals surface area (Å²) in [6.07, 6.45) is 3.68. The number of aryl methyl sites for hydroxylation is 1. The molecular weight excluding hydrogens is 296 g/mol. The molecule has 0 aliphatic heterocycles. The molecule has 0 unspecified atom stereocenters. The summed E-state index contributed by atoms with van der Waals surface area (Å²) >= 11 is 1.58. The smallest absolute Gasteiger partial charge is 0.232 e. The molecule has 6 heteroatoms. The van der Waals surface area contributed by atoms with Gasteiger partial charge in [-0.25, -0.2) is 0 Å². The maximum Gasteiger partial charge on any atom is 0.232 e. The molecule has 0 fully saturated rings. The van der Waals surface area contributed by atoms with Gasteiger partial charge in [0, 0.05) is 38.2 Å². The highest BCUT2D eigenvalue weighted by atomic mass is 32.2. The number of rotatable bonds is 6. The number of benzene rings is 1. The van der Waals surface area contributed by atoms with E-state index in [4.69, 9.17) is 5.26 Å². The lowest BCUT2D eigenvalue weighted by atomic mass is 10.2. The zero-order valence-corrected chi connectivity index (χ0v) is 13.5. The van der Waals surface area contributed by atoms with Gasteiger partial charge in [-0.05, 0) is 17.7 Å². The molecule has 5 nitrogen and oxygen atoms in total. The van der Waals surface area contributed by atoms with E-state index in [-0.39, 0.29) is 5.91 Å². The van der Waals surface area contributed by atoms with Gasteiger partial charge in [0.15, 0.2) is 0 Å². The molecule has 2 rings (SSSR count). The van der Waals surface area contributed by atoms with E-state index in [1.807, 2.05) is 25.4 Å². The Morgan fingerprint density at radius 2 is 2.09 bits per heavy atom. The Bertz CT molecular complexity index is 672. The van der Waals surface area contributed by atoms with Crippen LogP contribution in [-0.2, 0) is 24.1 Å². The van der Waals surface area contributed by atoms with Crippen LogP contribution < -0.4 is 0 Å². The second-order valence-electron chi connectivity index (χ2n) is 5.07. The Morgan fingerprint density at radius 3 is 2.68 bits per heavy atom. The van der Waals surface area contributed by atoms with Crippen LogP contribution in [0.3, 0.4) is 0 Å². The predicted octanol–water partition coefficient (Wildman–Crippen LogP) is 2.18. The Kier molecular flexibility index (Phi) is 5.61. The van der Waals surface area contributed by atoms with E-state index in [2.05, 4.69) is 11.2 Å². The number of hydrogen-bond acceptors (Lipinski definition) is 4. The van der Waals surface area contributed by atoms with Crippen molar-refractivity contribution in [3.05, 3.63) is 53.3 Å². The molecule has 1 aromatic heterocycles. The number of nitrogens with zero attached hydrogens (tertiary/aromatic N) is 4. The highest BCUT2D eigenvalue weighted by molar-refractivity contribution is 7.99. The lowest BCUT2D eigenvalue weighted by molar-refractivity contribution is -0.127. The largest absolute Gasteiger partial charge is 0.341 e. The fraction of sp³-hybridized carbons (Fsp3) is 0.312. The summed E-state index contributed by atoms with van der Waals surface area (Å²) in [7, 11) is 3.66. The van der Waals surface area contributed by atoms with Crippen molar-refractivity contribution < 1.29 is 4.79 Å². The van der Waals surface area contributed by atoms with Crippen molar-refractivity contribution in [1.82, 2.24) is 14.7 Å². The molecule has 0 spiro atoms. The van der Waals surface area contributed by atoms with E-state index in [1.54, 1.807) is 46.7 Å². The van der Waals surface area contributed by atoms with Crippen LogP contribution in [0, 0.1) is 11.3 Å². The van der Waals surface area contributed by atoms with Crippen LogP contribution in [0.2, 0.25) is 0 Å². The fourth-order valence-electron chi connectivity index (χ4n) is 1.96. The quantitative estimate of drug-likeness (QED) is 0.820. The van der Waals surface area contributed by atoms with Crippen LogP contribution in [0.4, 0.5) is 0 Å². The molecule has 0 atom stereocenters. The minimum Gasteiger partial charge on any atom is -0.341 e. The van der Waals surface area contributed by atoms with Gasteiger partial charge in [-0.15, -0.1) is 11.8 Å². The topological polar surface area (TPSA) is 61.9 Å². The SMILES string of the molecule is CN(Cc1cnn(C)c1)C(=O)CSCc1ccc(C#N)cc1. The highest BCUT2D eigenvalue weighted by Crippen LogP contribution is 2.14. The second kappa shape index (κ2) is 7.66. The van der Waals surface area contributed by atoms with E-state index in [0.29, 0.717) is 17.9 Å². The molecule has 1 heterocycles. The molecule has 22 heavy (non-hydrogen) atoms. The Hall–Kier alpha value is -2.26. The first-order valence-electron chi connectivity index (χ1n) is 6.87. The average molecular weight is 314 g/mol. The number of carbonyl (C=O) groups is 1. The fourth-order valence-corrected chi connectivity index (χ4v) is 2.88. The zero-order valence-electron chi connectivity index (χ0n) is 12.7. The molecule has 2 aromatic rings. The summed E-state index contributed by atoms with van der Waals surface area (Å²) in [6.45, 7) is 0.574. The van der Waals surface area contributed by atoms with Crippen molar-refractivity contribution in [2.24, 2.45) is 7.05 Å². The number of amides is 1. The highest BCUT2D eigenvalue weighted by Gasteiger charge is 2.10. The van der Waals surface area contributed by atoms with Crippen molar-refractivity contribution in [3.63, 3.8) is 0 Å². The maximum absolute atomic E-state index is 12.1. The van der Waals surface area contributed by atoms with Gasteiger partial charge in [0.25, 0.3) is 0 Å². The summed E-state index contributed by atoms with van der Waals surface area (Å²) in [5.74, 6) is 1.30. The maximum atomic E-state index is 12.1. The molecule has 0 saturated heterocycles. The van der Waals surface area contributed by atoms with Crippen LogP contribution in [-0.4, -0.2) is 33.4 Å². The van der Waals surface area contributed by atoms with Crippen molar-refractivity contribution >= 4 is 17.7 Å². The molecule has 0 radical (unpaired) electrons. The summed E-state index contributed by atoms with van der Waals surface area (Å²) in [5.41, 5.74) is 2.79. The monoisotopic (exact) mass is 314 g/mol. The molecule has 0 N–H and O–H groups in total. The Balaban J connectivity index is 1.75. The molecule has 1 aromatic carbocycles. The minimum atomic E-state index is 0.0995. The van der Waals surface area contributed by atoms with E-state index >= 15 is 0 Å². The third kappa shape index (κ3) is 4.64. The first-order valence-corrected chi connectivity index (χ1v) is 8.02. The molecule has 0 aliphatic rings. The van der Waals surface area contributed by atoms with Crippen molar-refractivity contribution in [2.75, 3.05) is 12.8 Å². The van der Waals surface area contributed by atoms with Gasteiger partial charge < -0.3 is 4.90 Å². The van der Waals surface area contributed by atoms with Crippen molar-refractivity contribution in [3.8, 4) is 6.07 Å². The molecule has 0 aliphatic carbocycles. The predicted molar refractivity (Wildman–Crippen MR) is 87.0 cm³/mol. The first kappa shape index (κ1) is 16.1. The van der Waals surface area contributed by atoms with E-state index in [9.17, 15) is 4.79 Å². The average Bonchev–Trinajstić information content (AvgIpc) is 2.93. The lowest BCUT2D eigenvalue weighted by Crippen LogP contribution is -2.27. The van der Waals surface area contributed by atoms with Crippen molar-refractivity contribution in [1.29, 1.82) is 5.26 Å². The van der Waals surface area contributed by atoms with Gasteiger partial charge >= 0.3 is 0 Å². The zero-order chi connectivity index (χ0) is 15.9. The molecular formula is C16H18N4OS. The van der Waals surface area contributed by atoms with Gasteiger partial charge in [0.1, 0.15) is 0 Å². The molecule has 114 valence electrons. The Morgan fingerprint density at radius 1 is 1.36 bits per heavy atom. The molecule has 0 saturated carbocycles. The third-order valence-corrected chi connectivity index (χ3v) is 4.17. The van der Waals surface area contributed by atoms with E-state index in [0.717, 1.165) is 16.9 Å². The number of thioether (sulfide) groups is 1. The van der Waals surface area contributed by atoms with Crippen molar-refractivity contribution in [2.45, 2.75) is 12.3 Å². The number of carbonyl (C=O) groups excluding carboxylic acids is 1.